The molecule has 0 spiro atoms. The van der Waals surface area contributed by atoms with Gasteiger partial charge >= 0.3 is 6.09 Å². The second-order valence-electron chi connectivity index (χ2n) is 11.4. The van der Waals surface area contributed by atoms with Crippen LogP contribution in [-0.4, -0.2) is 56.1 Å². The van der Waals surface area contributed by atoms with Crippen LogP contribution in [0.3, 0.4) is 0 Å². The van der Waals surface area contributed by atoms with Crippen LogP contribution in [0.1, 0.15) is 50.6 Å². The molecule has 4 heterocycles. The summed E-state index contributed by atoms with van der Waals surface area (Å²) >= 11 is 0. The Balaban J connectivity index is 1.41. The molecule has 210 valence electrons. The molecule has 1 atom stereocenters. The van der Waals surface area contributed by atoms with Crippen LogP contribution >= 0.6 is 0 Å². The highest BCUT2D eigenvalue weighted by Gasteiger charge is 2.28. The fourth-order valence-electron chi connectivity index (χ4n) is 5.11. The lowest BCUT2D eigenvalue weighted by atomic mass is 9.93. The minimum Gasteiger partial charge on any atom is -0.497 e. The minimum atomic E-state index is -0.530. The number of likely N-dealkylation sites (tertiary alicyclic amines) is 1. The van der Waals surface area contributed by atoms with E-state index >= 15 is 0 Å². The number of hydrogen-bond acceptors (Lipinski definition) is 6. The number of nitrogens with zero attached hydrogens (tertiary/aromatic N) is 5. The van der Waals surface area contributed by atoms with E-state index in [0.29, 0.717) is 43.1 Å². The lowest BCUT2D eigenvalue weighted by molar-refractivity contribution is 0.0165. The largest absolute Gasteiger partial charge is 0.497 e. The van der Waals surface area contributed by atoms with Crippen molar-refractivity contribution in [3.8, 4) is 17.3 Å². The fourth-order valence-corrected chi connectivity index (χ4v) is 5.11. The van der Waals surface area contributed by atoms with Crippen LogP contribution < -0.4 is 4.74 Å². The molecular formula is C31H36FN5O3. The molecule has 0 unspecified atom stereocenters. The van der Waals surface area contributed by atoms with Gasteiger partial charge in [0, 0.05) is 30.7 Å². The molecular weight excluding hydrogens is 509 g/mol. The molecule has 0 radical (unpaired) electrons. The number of pyridine rings is 1. The molecule has 1 aliphatic heterocycles. The number of ether oxygens (including phenoxy) is 2. The molecule has 0 bridgehead atoms. The molecule has 1 aliphatic rings. The maximum atomic E-state index is 14.1. The summed E-state index contributed by atoms with van der Waals surface area (Å²) in [6.45, 7) is 6.97. The standard InChI is InChI=1S/C31H36FN5O3/c1-31(2,3)40-30(38)36-15-5-6-22(19-36)16-25-17-24(11-7-21-8-12-26(39-4)13-9-21)34-29(35-25)27-18-33-28-14-10-23(32)20-37(27)28/h8-10,12-14,17-18,20,22H,5-7,11,15-16,19H2,1-4H3/t22-/m0/s1. The van der Waals surface area contributed by atoms with Crippen LogP contribution in [0.25, 0.3) is 17.2 Å². The van der Waals surface area contributed by atoms with Gasteiger partial charge in [-0.05, 0) is 94.7 Å². The van der Waals surface area contributed by atoms with Crippen LogP contribution in [0, 0.1) is 11.7 Å². The van der Waals surface area contributed by atoms with E-state index in [4.69, 9.17) is 19.4 Å². The van der Waals surface area contributed by atoms with Crippen molar-refractivity contribution in [1.82, 2.24) is 24.3 Å². The normalized spacial score (nSPS) is 15.8. The maximum Gasteiger partial charge on any atom is 0.410 e. The first-order chi connectivity index (χ1) is 19.2. The van der Waals surface area contributed by atoms with Crippen molar-refractivity contribution >= 4 is 11.7 Å². The lowest BCUT2D eigenvalue weighted by Gasteiger charge is -2.34. The lowest BCUT2D eigenvalue weighted by Crippen LogP contribution is -2.43. The van der Waals surface area contributed by atoms with Crippen LogP contribution in [0.4, 0.5) is 9.18 Å². The Morgan fingerprint density at radius 2 is 1.85 bits per heavy atom. The van der Waals surface area contributed by atoms with Crippen LogP contribution in [0.5, 0.6) is 5.75 Å². The summed E-state index contributed by atoms with van der Waals surface area (Å²) in [5.74, 6) is 1.23. The van der Waals surface area contributed by atoms with Crippen molar-refractivity contribution in [3.63, 3.8) is 0 Å². The molecule has 1 saturated heterocycles. The zero-order valence-electron chi connectivity index (χ0n) is 23.6. The predicted molar refractivity (Wildman–Crippen MR) is 151 cm³/mol. The van der Waals surface area contributed by atoms with E-state index in [1.54, 1.807) is 28.7 Å². The van der Waals surface area contributed by atoms with E-state index in [0.717, 1.165) is 36.4 Å². The fraction of sp³-hybridized carbons (Fsp3) is 0.419. The molecule has 40 heavy (non-hydrogen) atoms. The third kappa shape index (κ3) is 6.76. The monoisotopic (exact) mass is 545 g/mol. The third-order valence-corrected chi connectivity index (χ3v) is 7.03. The van der Waals surface area contributed by atoms with Gasteiger partial charge in [0.15, 0.2) is 5.82 Å². The molecule has 3 aromatic heterocycles. The Kier molecular flexibility index (Phi) is 8.00. The number of carbonyl (C=O) groups is 1. The molecule has 1 fully saturated rings. The number of benzene rings is 1. The summed E-state index contributed by atoms with van der Waals surface area (Å²) in [6, 6.07) is 13.1. The summed E-state index contributed by atoms with van der Waals surface area (Å²) in [4.78, 5) is 28.7. The highest BCUT2D eigenvalue weighted by atomic mass is 19.1. The molecule has 0 aliphatic carbocycles. The first kappa shape index (κ1) is 27.6. The van der Waals surface area contributed by atoms with E-state index in [9.17, 15) is 9.18 Å². The van der Waals surface area contributed by atoms with Gasteiger partial charge in [-0.1, -0.05) is 12.1 Å². The number of carbonyl (C=O) groups excluding carboxylic acids is 1. The van der Waals surface area contributed by atoms with Gasteiger partial charge in [-0.25, -0.2) is 24.1 Å². The SMILES string of the molecule is COc1ccc(CCc2cc(C[C@@H]3CCCN(C(=O)OC(C)(C)C)C3)nc(-c3cnc4ccc(F)cn34)n2)cc1. The quantitative estimate of drug-likeness (QED) is 0.287. The minimum absolute atomic E-state index is 0.248. The van der Waals surface area contributed by atoms with Gasteiger partial charge in [0.25, 0.3) is 0 Å². The smallest absolute Gasteiger partial charge is 0.410 e. The van der Waals surface area contributed by atoms with Crippen molar-refractivity contribution in [3.05, 3.63) is 77.6 Å². The Morgan fingerprint density at radius 1 is 1.07 bits per heavy atom. The maximum absolute atomic E-state index is 14.1. The summed E-state index contributed by atoms with van der Waals surface area (Å²) < 4.78 is 26.7. The number of aromatic nitrogens is 4. The van der Waals surface area contributed by atoms with Gasteiger partial charge in [0.05, 0.1) is 13.3 Å². The Bertz CT molecular complexity index is 1480. The van der Waals surface area contributed by atoms with Crippen LogP contribution in [-0.2, 0) is 24.0 Å². The van der Waals surface area contributed by atoms with E-state index < -0.39 is 5.60 Å². The average molecular weight is 546 g/mol. The zero-order chi connectivity index (χ0) is 28.3. The number of imidazole rings is 1. The van der Waals surface area contributed by atoms with E-state index in [1.165, 1.54) is 17.8 Å². The number of fused-ring (bicyclic) bond motifs is 1. The first-order valence-corrected chi connectivity index (χ1v) is 13.8. The number of methoxy groups -OCH3 is 1. The van der Waals surface area contributed by atoms with Crippen LogP contribution in [0.2, 0.25) is 0 Å². The molecule has 5 rings (SSSR count). The molecule has 9 heteroatoms. The van der Waals surface area contributed by atoms with Gasteiger partial charge in [0.1, 0.15) is 28.5 Å². The Labute approximate surface area is 234 Å². The second kappa shape index (κ2) is 11.6. The molecule has 1 aromatic carbocycles. The van der Waals surface area contributed by atoms with Gasteiger partial charge < -0.3 is 14.4 Å². The predicted octanol–water partition coefficient (Wildman–Crippen LogP) is 5.91. The van der Waals surface area contributed by atoms with Gasteiger partial charge in [0.2, 0.25) is 0 Å². The van der Waals surface area contributed by atoms with Gasteiger partial charge in [-0.2, -0.15) is 0 Å². The number of hydrogen-bond donors (Lipinski definition) is 0. The Hall–Kier alpha value is -4.01. The summed E-state index contributed by atoms with van der Waals surface area (Å²) in [6.07, 6.45) is 6.96. The number of piperidine rings is 1. The molecule has 1 amide bonds. The number of halogens is 1. The van der Waals surface area contributed by atoms with E-state index in [1.807, 2.05) is 32.9 Å². The van der Waals surface area contributed by atoms with Crippen molar-refractivity contribution < 1.29 is 18.7 Å². The Morgan fingerprint density at radius 3 is 2.60 bits per heavy atom. The van der Waals surface area contributed by atoms with Crippen molar-refractivity contribution in [2.24, 2.45) is 5.92 Å². The summed E-state index contributed by atoms with van der Waals surface area (Å²) in [7, 11) is 1.66. The van der Waals surface area contributed by atoms with Crippen LogP contribution in [0.15, 0.2) is 54.9 Å². The molecule has 8 nitrogen and oxygen atoms in total. The molecule has 0 saturated carbocycles. The number of rotatable bonds is 7. The van der Waals surface area contributed by atoms with Gasteiger partial charge in [-0.15, -0.1) is 0 Å². The number of amides is 1. The molecule has 4 aromatic rings. The van der Waals surface area contributed by atoms with Crippen molar-refractivity contribution in [2.75, 3.05) is 20.2 Å². The summed E-state index contributed by atoms with van der Waals surface area (Å²) in [5.41, 5.74) is 3.73. The second-order valence-corrected chi connectivity index (χ2v) is 11.4. The van der Waals surface area contributed by atoms with Crippen molar-refractivity contribution in [1.29, 1.82) is 0 Å². The highest BCUT2D eigenvalue weighted by Crippen LogP contribution is 2.25. The zero-order valence-corrected chi connectivity index (χ0v) is 23.6. The molecule has 0 N–H and O–H groups in total. The first-order valence-electron chi connectivity index (χ1n) is 13.8. The van der Waals surface area contributed by atoms with E-state index in [2.05, 4.69) is 23.2 Å². The van der Waals surface area contributed by atoms with Crippen molar-refractivity contribution in [2.45, 2.75) is 58.5 Å². The number of aryl methyl sites for hydroxylation is 2. The summed E-state index contributed by atoms with van der Waals surface area (Å²) in [5, 5.41) is 0. The third-order valence-electron chi connectivity index (χ3n) is 7.03. The van der Waals surface area contributed by atoms with E-state index in [-0.39, 0.29) is 17.8 Å². The topological polar surface area (TPSA) is 81.8 Å². The van der Waals surface area contributed by atoms with Gasteiger partial charge in [-0.3, -0.25) is 4.40 Å². The highest BCUT2D eigenvalue weighted by molar-refractivity contribution is 5.68. The average Bonchev–Trinajstić information content (AvgIpc) is 3.34.